The van der Waals surface area contributed by atoms with E-state index in [4.69, 9.17) is 4.52 Å². The minimum atomic E-state index is 0.103. The molecule has 3 aromatic rings. The average Bonchev–Trinajstić information content (AvgIpc) is 3.24. The highest BCUT2D eigenvalue weighted by Crippen LogP contribution is 2.24. The highest BCUT2D eigenvalue weighted by molar-refractivity contribution is 5.52. The molecule has 1 aromatic carbocycles. The normalized spacial score (nSPS) is 16.2. The summed E-state index contributed by atoms with van der Waals surface area (Å²) in [5, 5.41) is 4.21. The second-order valence-corrected chi connectivity index (χ2v) is 7.13. The summed E-state index contributed by atoms with van der Waals surface area (Å²) in [5.41, 5.74) is 0.943. The summed E-state index contributed by atoms with van der Waals surface area (Å²) < 4.78 is 5.47. The van der Waals surface area contributed by atoms with Gasteiger partial charge in [-0.15, -0.1) is 0 Å². The summed E-state index contributed by atoms with van der Waals surface area (Å²) in [4.78, 5) is 20.1. The Labute approximate surface area is 164 Å². The number of rotatable bonds is 5. The van der Waals surface area contributed by atoms with E-state index in [9.17, 15) is 0 Å². The zero-order chi connectivity index (χ0) is 19.5. The Bertz CT molecular complexity index is 904. The standard InChI is InChI=1S/C20H25N7O/c1-15(18-23-19(28-24-18)16-7-5-4-6-8-16)26-11-13-27(14-12-26)17-9-10-21-20(22-17)25(2)3/h4-10,15H,11-14H2,1-3H3. The Morgan fingerprint density at radius 1 is 1.00 bits per heavy atom. The zero-order valence-corrected chi connectivity index (χ0v) is 16.5. The van der Waals surface area contributed by atoms with Crippen molar-refractivity contribution in [2.45, 2.75) is 13.0 Å². The van der Waals surface area contributed by atoms with Gasteiger partial charge in [-0.1, -0.05) is 23.4 Å². The van der Waals surface area contributed by atoms with Gasteiger partial charge in [0.1, 0.15) is 5.82 Å². The van der Waals surface area contributed by atoms with E-state index in [2.05, 4.69) is 36.8 Å². The maximum Gasteiger partial charge on any atom is 0.257 e. The van der Waals surface area contributed by atoms with Gasteiger partial charge in [0.15, 0.2) is 5.82 Å². The van der Waals surface area contributed by atoms with Crippen molar-refractivity contribution in [2.75, 3.05) is 50.1 Å². The van der Waals surface area contributed by atoms with Gasteiger partial charge in [0.25, 0.3) is 5.89 Å². The first kappa shape index (κ1) is 18.4. The Morgan fingerprint density at radius 3 is 2.46 bits per heavy atom. The van der Waals surface area contributed by atoms with E-state index < -0.39 is 0 Å². The summed E-state index contributed by atoms with van der Waals surface area (Å²) in [6.45, 7) is 5.76. The van der Waals surface area contributed by atoms with Crippen molar-refractivity contribution < 1.29 is 4.52 Å². The van der Waals surface area contributed by atoms with Crippen LogP contribution in [0.25, 0.3) is 11.5 Å². The predicted molar refractivity (Wildman–Crippen MR) is 108 cm³/mol. The molecule has 0 amide bonds. The number of piperazine rings is 1. The lowest BCUT2D eigenvalue weighted by molar-refractivity contribution is 0.188. The number of anilines is 2. The van der Waals surface area contributed by atoms with E-state index in [1.807, 2.05) is 61.6 Å². The van der Waals surface area contributed by atoms with Gasteiger partial charge < -0.3 is 14.3 Å². The molecule has 1 aliphatic rings. The molecular formula is C20H25N7O. The molecule has 28 heavy (non-hydrogen) atoms. The molecule has 1 fully saturated rings. The van der Waals surface area contributed by atoms with Gasteiger partial charge >= 0.3 is 0 Å². The van der Waals surface area contributed by atoms with Gasteiger partial charge in [-0.05, 0) is 25.1 Å². The van der Waals surface area contributed by atoms with Crippen LogP contribution in [-0.2, 0) is 0 Å². The van der Waals surface area contributed by atoms with E-state index in [1.54, 1.807) is 0 Å². The lowest BCUT2D eigenvalue weighted by atomic mass is 10.2. The fourth-order valence-electron chi connectivity index (χ4n) is 3.33. The van der Waals surface area contributed by atoms with Gasteiger partial charge in [0, 0.05) is 52.0 Å². The fourth-order valence-corrected chi connectivity index (χ4v) is 3.33. The number of hydrogen-bond donors (Lipinski definition) is 0. The van der Waals surface area contributed by atoms with Crippen LogP contribution in [-0.4, -0.2) is 65.3 Å². The van der Waals surface area contributed by atoms with E-state index in [-0.39, 0.29) is 6.04 Å². The largest absolute Gasteiger partial charge is 0.354 e. The van der Waals surface area contributed by atoms with Crippen LogP contribution < -0.4 is 9.80 Å². The monoisotopic (exact) mass is 379 g/mol. The molecule has 3 heterocycles. The molecule has 1 unspecified atom stereocenters. The smallest absolute Gasteiger partial charge is 0.257 e. The first-order chi connectivity index (χ1) is 13.6. The van der Waals surface area contributed by atoms with Crippen molar-refractivity contribution in [1.82, 2.24) is 25.0 Å². The topological polar surface area (TPSA) is 74.4 Å². The van der Waals surface area contributed by atoms with Crippen molar-refractivity contribution in [2.24, 2.45) is 0 Å². The van der Waals surface area contributed by atoms with Crippen LogP contribution in [0.4, 0.5) is 11.8 Å². The molecule has 2 aromatic heterocycles. The minimum absolute atomic E-state index is 0.103. The van der Waals surface area contributed by atoms with Crippen molar-refractivity contribution in [3.05, 3.63) is 48.4 Å². The van der Waals surface area contributed by atoms with Crippen molar-refractivity contribution in [1.29, 1.82) is 0 Å². The molecule has 4 rings (SSSR count). The van der Waals surface area contributed by atoms with Gasteiger partial charge in [-0.2, -0.15) is 9.97 Å². The Hall–Kier alpha value is -3.00. The molecule has 0 aliphatic carbocycles. The van der Waals surface area contributed by atoms with E-state index in [0.717, 1.165) is 49.3 Å². The SMILES string of the molecule is CC(c1noc(-c2ccccc2)n1)N1CCN(c2ccnc(N(C)C)n2)CC1. The quantitative estimate of drug-likeness (QED) is 0.669. The second-order valence-electron chi connectivity index (χ2n) is 7.13. The summed E-state index contributed by atoms with van der Waals surface area (Å²) in [7, 11) is 3.90. The first-order valence-electron chi connectivity index (χ1n) is 9.50. The highest BCUT2D eigenvalue weighted by atomic mass is 16.5. The van der Waals surface area contributed by atoms with Crippen LogP contribution in [0.5, 0.6) is 0 Å². The van der Waals surface area contributed by atoms with Crippen molar-refractivity contribution >= 4 is 11.8 Å². The number of benzene rings is 1. The average molecular weight is 379 g/mol. The summed E-state index contributed by atoms with van der Waals surface area (Å²) >= 11 is 0. The molecule has 146 valence electrons. The Balaban J connectivity index is 1.40. The highest BCUT2D eigenvalue weighted by Gasteiger charge is 2.26. The number of hydrogen-bond acceptors (Lipinski definition) is 8. The fraction of sp³-hybridized carbons (Fsp3) is 0.400. The molecule has 0 radical (unpaired) electrons. The summed E-state index contributed by atoms with van der Waals surface area (Å²) in [6, 6.07) is 11.9. The molecule has 0 bridgehead atoms. The molecule has 1 saturated heterocycles. The zero-order valence-electron chi connectivity index (χ0n) is 16.5. The third-order valence-corrected chi connectivity index (χ3v) is 5.05. The molecule has 8 heteroatoms. The first-order valence-corrected chi connectivity index (χ1v) is 9.50. The van der Waals surface area contributed by atoms with E-state index in [0.29, 0.717) is 5.89 Å². The van der Waals surface area contributed by atoms with Crippen LogP contribution in [0, 0.1) is 0 Å². The van der Waals surface area contributed by atoms with Gasteiger partial charge in [0.2, 0.25) is 5.95 Å². The molecular weight excluding hydrogens is 354 g/mol. The maximum absolute atomic E-state index is 5.47. The van der Waals surface area contributed by atoms with Crippen LogP contribution in [0.15, 0.2) is 47.1 Å². The van der Waals surface area contributed by atoms with Gasteiger partial charge in [-0.25, -0.2) is 4.98 Å². The Morgan fingerprint density at radius 2 is 1.75 bits per heavy atom. The Kier molecular flexibility index (Phi) is 5.21. The maximum atomic E-state index is 5.47. The van der Waals surface area contributed by atoms with Crippen molar-refractivity contribution in [3.63, 3.8) is 0 Å². The molecule has 0 N–H and O–H groups in total. The van der Waals surface area contributed by atoms with Crippen LogP contribution in [0.1, 0.15) is 18.8 Å². The molecule has 0 spiro atoms. The lowest BCUT2D eigenvalue weighted by Gasteiger charge is -2.37. The van der Waals surface area contributed by atoms with Crippen LogP contribution in [0.3, 0.4) is 0 Å². The molecule has 8 nitrogen and oxygen atoms in total. The number of nitrogens with zero attached hydrogens (tertiary/aromatic N) is 7. The van der Waals surface area contributed by atoms with E-state index >= 15 is 0 Å². The van der Waals surface area contributed by atoms with Crippen LogP contribution >= 0.6 is 0 Å². The number of aromatic nitrogens is 4. The predicted octanol–water partition coefficient (Wildman–Crippen LogP) is 2.48. The molecule has 1 atom stereocenters. The second kappa shape index (κ2) is 7.93. The molecule has 0 saturated carbocycles. The van der Waals surface area contributed by atoms with E-state index in [1.165, 1.54) is 0 Å². The lowest BCUT2D eigenvalue weighted by Crippen LogP contribution is -2.47. The summed E-state index contributed by atoms with van der Waals surface area (Å²) in [6.07, 6.45) is 1.82. The van der Waals surface area contributed by atoms with Crippen molar-refractivity contribution in [3.8, 4) is 11.5 Å². The van der Waals surface area contributed by atoms with Gasteiger partial charge in [0.05, 0.1) is 6.04 Å². The van der Waals surface area contributed by atoms with Crippen LogP contribution in [0.2, 0.25) is 0 Å². The third-order valence-electron chi connectivity index (χ3n) is 5.05. The van der Waals surface area contributed by atoms with Gasteiger partial charge in [-0.3, -0.25) is 4.90 Å². The molecule has 1 aliphatic heterocycles. The minimum Gasteiger partial charge on any atom is -0.354 e. The third kappa shape index (κ3) is 3.82. The summed E-state index contributed by atoms with van der Waals surface area (Å²) in [5.74, 6) is 2.99.